The lowest BCUT2D eigenvalue weighted by Crippen LogP contribution is -2.47. The Bertz CT molecular complexity index is 556. The first kappa shape index (κ1) is 15.7. The number of benzene rings is 1. The lowest BCUT2D eigenvalue weighted by atomic mass is 10.0. The monoisotopic (exact) mass is 274 g/mol. The number of primary amides is 1. The van der Waals surface area contributed by atoms with Crippen LogP contribution in [0.1, 0.15) is 29.8 Å². The molecule has 106 valence electrons. The molecule has 5 heteroatoms. The fraction of sp³-hybridized carbons (Fsp3) is 0.333. The lowest BCUT2D eigenvalue weighted by Gasteiger charge is -2.18. The van der Waals surface area contributed by atoms with Gasteiger partial charge < -0.3 is 16.2 Å². The van der Waals surface area contributed by atoms with Crippen molar-refractivity contribution >= 4 is 11.8 Å². The number of amides is 2. The molecule has 0 aliphatic heterocycles. The molecule has 1 unspecified atom stereocenters. The van der Waals surface area contributed by atoms with Crippen LogP contribution in [-0.4, -0.2) is 29.6 Å². The summed E-state index contributed by atoms with van der Waals surface area (Å²) in [5.74, 6) is 4.19. The molecule has 0 heterocycles. The minimum absolute atomic E-state index is 0.0891. The highest BCUT2D eigenvalue weighted by molar-refractivity contribution is 5.97. The van der Waals surface area contributed by atoms with Crippen molar-refractivity contribution in [3.8, 4) is 11.8 Å². The molecule has 20 heavy (non-hydrogen) atoms. The number of nitrogens with two attached hydrogens (primary N) is 1. The SMILES string of the molecule is CC(C)C(NC(=O)c1cccc(C#CCO)c1)C(N)=O. The summed E-state index contributed by atoms with van der Waals surface area (Å²) in [6.45, 7) is 3.37. The third-order valence-corrected chi connectivity index (χ3v) is 2.70. The number of carbonyl (C=O) groups excluding carboxylic acids is 2. The second-order valence-electron chi connectivity index (χ2n) is 4.64. The third-order valence-electron chi connectivity index (χ3n) is 2.70. The molecule has 0 spiro atoms. The van der Waals surface area contributed by atoms with E-state index < -0.39 is 11.9 Å². The Labute approximate surface area is 118 Å². The van der Waals surface area contributed by atoms with E-state index in [4.69, 9.17) is 10.8 Å². The molecule has 0 radical (unpaired) electrons. The van der Waals surface area contributed by atoms with E-state index in [9.17, 15) is 9.59 Å². The highest BCUT2D eigenvalue weighted by Crippen LogP contribution is 2.07. The number of hydrogen-bond acceptors (Lipinski definition) is 3. The Morgan fingerprint density at radius 2 is 2.10 bits per heavy atom. The van der Waals surface area contributed by atoms with Gasteiger partial charge in [-0.15, -0.1) is 0 Å². The molecule has 0 bridgehead atoms. The van der Waals surface area contributed by atoms with Gasteiger partial charge in [0.2, 0.25) is 5.91 Å². The Morgan fingerprint density at radius 1 is 1.40 bits per heavy atom. The number of nitrogens with one attached hydrogen (secondary N) is 1. The molecule has 0 aliphatic carbocycles. The number of carbonyl (C=O) groups is 2. The van der Waals surface area contributed by atoms with Gasteiger partial charge in [0, 0.05) is 11.1 Å². The zero-order chi connectivity index (χ0) is 15.1. The second-order valence-corrected chi connectivity index (χ2v) is 4.64. The summed E-state index contributed by atoms with van der Waals surface area (Å²) in [4.78, 5) is 23.3. The molecule has 4 N–H and O–H groups in total. The Hall–Kier alpha value is -2.32. The maximum absolute atomic E-state index is 12.1. The van der Waals surface area contributed by atoms with Crippen molar-refractivity contribution in [2.45, 2.75) is 19.9 Å². The van der Waals surface area contributed by atoms with Crippen LogP contribution in [0, 0.1) is 17.8 Å². The van der Waals surface area contributed by atoms with Crippen LogP contribution in [0.4, 0.5) is 0 Å². The Kier molecular flexibility index (Phi) is 5.75. The molecule has 0 saturated carbocycles. The van der Waals surface area contributed by atoms with Gasteiger partial charge in [-0.1, -0.05) is 31.8 Å². The van der Waals surface area contributed by atoms with Crippen LogP contribution in [0.5, 0.6) is 0 Å². The molecule has 1 aromatic rings. The molecule has 1 rings (SSSR count). The van der Waals surface area contributed by atoms with E-state index in [1.165, 1.54) is 0 Å². The predicted molar refractivity (Wildman–Crippen MR) is 75.7 cm³/mol. The number of hydrogen-bond donors (Lipinski definition) is 3. The highest BCUT2D eigenvalue weighted by Gasteiger charge is 2.22. The van der Waals surface area contributed by atoms with Gasteiger partial charge in [0.15, 0.2) is 0 Å². The van der Waals surface area contributed by atoms with Gasteiger partial charge in [-0.25, -0.2) is 0 Å². The van der Waals surface area contributed by atoms with Crippen molar-refractivity contribution in [1.29, 1.82) is 0 Å². The average molecular weight is 274 g/mol. The van der Waals surface area contributed by atoms with Crippen LogP contribution in [0.3, 0.4) is 0 Å². The van der Waals surface area contributed by atoms with Crippen molar-refractivity contribution in [2.75, 3.05) is 6.61 Å². The van der Waals surface area contributed by atoms with E-state index >= 15 is 0 Å². The van der Waals surface area contributed by atoms with Crippen molar-refractivity contribution in [1.82, 2.24) is 5.32 Å². The first-order valence-electron chi connectivity index (χ1n) is 6.25. The minimum Gasteiger partial charge on any atom is -0.384 e. The summed E-state index contributed by atoms with van der Waals surface area (Å²) >= 11 is 0. The summed E-state index contributed by atoms with van der Waals surface area (Å²) < 4.78 is 0. The van der Waals surface area contributed by atoms with Crippen LogP contribution >= 0.6 is 0 Å². The van der Waals surface area contributed by atoms with Crippen molar-refractivity contribution in [2.24, 2.45) is 11.7 Å². The quantitative estimate of drug-likeness (QED) is 0.688. The van der Waals surface area contributed by atoms with E-state index in [1.54, 1.807) is 38.1 Å². The smallest absolute Gasteiger partial charge is 0.251 e. The van der Waals surface area contributed by atoms with Crippen LogP contribution in [0.2, 0.25) is 0 Å². The first-order valence-corrected chi connectivity index (χ1v) is 6.25. The first-order chi connectivity index (χ1) is 9.45. The standard InChI is InChI=1S/C15H18N2O3/c1-10(2)13(14(16)19)17-15(20)12-7-3-5-11(9-12)6-4-8-18/h3,5,7,9-10,13,18H,8H2,1-2H3,(H2,16,19)(H,17,20). The molecule has 0 fully saturated rings. The maximum atomic E-state index is 12.1. The molecule has 0 saturated heterocycles. The molecule has 0 aromatic heterocycles. The summed E-state index contributed by atoms with van der Waals surface area (Å²) in [6, 6.07) is 5.92. The van der Waals surface area contributed by atoms with Crippen LogP contribution in [0.15, 0.2) is 24.3 Å². The van der Waals surface area contributed by atoms with Crippen LogP contribution < -0.4 is 11.1 Å². The minimum atomic E-state index is -0.713. The van der Waals surface area contributed by atoms with Gasteiger partial charge in [0.1, 0.15) is 12.6 Å². The largest absolute Gasteiger partial charge is 0.384 e. The predicted octanol–water partition coefficient (Wildman–Crippen LogP) is 0.270. The summed E-state index contributed by atoms with van der Waals surface area (Å²) in [5.41, 5.74) is 6.26. The van der Waals surface area contributed by atoms with E-state index in [2.05, 4.69) is 17.2 Å². The third kappa shape index (κ3) is 4.41. The highest BCUT2D eigenvalue weighted by atomic mass is 16.2. The van der Waals surface area contributed by atoms with E-state index in [0.29, 0.717) is 11.1 Å². The molecular formula is C15H18N2O3. The van der Waals surface area contributed by atoms with Gasteiger partial charge in [-0.05, 0) is 24.1 Å². The summed E-state index contributed by atoms with van der Waals surface area (Å²) in [6.07, 6.45) is 0. The van der Waals surface area contributed by atoms with Crippen molar-refractivity contribution in [3.63, 3.8) is 0 Å². The number of aliphatic hydroxyl groups is 1. The van der Waals surface area contributed by atoms with Crippen LogP contribution in [0.25, 0.3) is 0 Å². The average Bonchev–Trinajstić information content (AvgIpc) is 2.41. The fourth-order valence-electron chi connectivity index (χ4n) is 1.67. The zero-order valence-electron chi connectivity index (χ0n) is 11.5. The van der Waals surface area contributed by atoms with E-state index in [1.807, 2.05) is 0 Å². The van der Waals surface area contributed by atoms with E-state index in [-0.39, 0.29) is 18.4 Å². The fourth-order valence-corrected chi connectivity index (χ4v) is 1.67. The summed E-state index contributed by atoms with van der Waals surface area (Å²) in [7, 11) is 0. The van der Waals surface area contributed by atoms with Gasteiger partial charge in [0.25, 0.3) is 5.91 Å². The van der Waals surface area contributed by atoms with Crippen molar-refractivity contribution < 1.29 is 14.7 Å². The van der Waals surface area contributed by atoms with E-state index in [0.717, 1.165) is 0 Å². The zero-order valence-corrected chi connectivity index (χ0v) is 11.5. The van der Waals surface area contributed by atoms with Gasteiger partial charge in [-0.3, -0.25) is 9.59 Å². The van der Waals surface area contributed by atoms with Crippen molar-refractivity contribution in [3.05, 3.63) is 35.4 Å². The number of rotatable bonds is 4. The normalized spacial score (nSPS) is 11.4. The summed E-state index contributed by atoms with van der Waals surface area (Å²) in [5, 5.41) is 11.2. The lowest BCUT2D eigenvalue weighted by molar-refractivity contribution is -0.120. The Balaban J connectivity index is 2.89. The van der Waals surface area contributed by atoms with Gasteiger partial charge in [0.05, 0.1) is 0 Å². The molecule has 2 amide bonds. The number of aliphatic hydroxyl groups excluding tert-OH is 1. The maximum Gasteiger partial charge on any atom is 0.251 e. The molecular weight excluding hydrogens is 256 g/mol. The molecule has 5 nitrogen and oxygen atoms in total. The van der Waals surface area contributed by atoms with Crippen LogP contribution in [-0.2, 0) is 4.79 Å². The molecule has 1 aromatic carbocycles. The molecule has 0 aliphatic rings. The Morgan fingerprint density at radius 3 is 2.65 bits per heavy atom. The van der Waals surface area contributed by atoms with Gasteiger partial charge in [-0.2, -0.15) is 0 Å². The topological polar surface area (TPSA) is 92.4 Å². The molecule has 1 atom stereocenters. The second kappa shape index (κ2) is 7.31. The van der Waals surface area contributed by atoms with Gasteiger partial charge >= 0.3 is 0 Å².